The summed E-state index contributed by atoms with van der Waals surface area (Å²) in [4.78, 5) is 39.9. The van der Waals surface area contributed by atoms with Crippen LogP contribution >= 0.6 is 0 Å². The van der Waals surface area contributed by atoms with Gasteiger partial charge in [0, 0.05) is 17.7 Å². The van der Waals surface area contributed by atoms with Crippen LogP contribution in [-0.2, 0) is 6.54 Å². The van der Waals surface area contributed by atoms with Crippen molar-refractivity contribution in [2.75, 3.05) is 0 Å². The van der Waals surface area contributed by atoms with E-state index in [0.29, 0.717) is 11.1 Å². The lowest BCUT2D eigenvalue weighted by atomic mass is 9.96. The molecule has 7 nitrogen and oxygen atoms in total. The summed E-state index contributed by atoms with van der Waals surface area (Å²) < 4.78 is 1.19. The van der Waals surface area contributed by atoms with Crippen LogP contribution in [0.2, 0.25) is 0 Å². The maximum absolute atomic E-state index is 12.7. The molecule has 3 aromatic rings. The monoisotopic (exact) mass is 351 g/mol. The SMILES string of the molecule is Cc1cc(C)c(C(=O)Cn2cnc3ccc([N+](=O)[O-])cc3c2=O)c(C)c1. The summed E-state index contributed by atoms with van der Waals surface area (Å²) in [6.45, 7) is 5.50. The number of aryl methyl sites for hydroxylation is 3. The number of Topliss-reactive ketones (excluding diaryl/α,β-unsaturated/α-hetero) is 1. The Morgan fingerprint density at radius 1 is 1.15 bits per heavy atom. The molecule has 0 saturated heterocycles. The van der Waals surface area contributed by atoms with Crippen molar-refractivity contribution >= 4 is 22.4 Å². The number of non-ortho nitro benzene ring substituents is 1. The largest absolute Gasteiger partial charge is 0.292 e. The van der Waals surface area contributed by atoms with Gasteiger partial charge in [-0.15, -0.1) is 0 Å². The van der Waals surface area contributed by atoms with E-state index in [-0.39, 0.29) is 23.4 Å². The molecule has 2 aromatic carbocycles. The number of carbonyl (C=O) groups excluding carboxylic acids is 1. The number of carbonyl (C=O) groups is 1. The van der Waals surface area contributed by atoms with Crippen LogP contribution < -0.4 is 5.56 Å². The molecule has 0 unspecified atom stereocenters. The molecule has 1 aromatic heterocycles. The molecular formula is C19H17N3O4. The predicted octanol–water partition coefficient (Wildman–Crippen LogP) is 3.11. The fraction of sp³-hybridized carbons (Fsp3) is 0.211. The van der Waals surface area contributed by atoms with E-state index in [2.05, 4.69) is 4.98 Å². The maximum Gasteiger partial charge on any atom is 0.270 e. The summed E-state index contributed by atoms with van der Waals surface area (Å²) in [5.41, 5.74) is 3.04. The van der Waals surface area contributed by atoms with Crippen molar-refractivity contribution in [3.05, 3.63) is 79.4 Å². The van der Waals surface area contributed by atoms with Gasteiger partial charge in [0.2, 0.25) is 0 Å². The molecule has 0 saturated carbocycles. The van der Waals surface area contributed by atoms with E-state index in [9.17, 15) is 19.7 Å². The number of fused-ring (bicyclic) bond motifs is 1. The number of hydrogen-bond acceptors (Lipinski definition) is 5. The van der Waals surface area contributed by atoms with Crippen LogP contribution in [0.3, 0.4) is 0 Å². The van der Waals surface area contributed by atoms with Gasteiger partial charge in [-0.25, -0.2) is 4.98 Å². The average molecular weight is 351 g/mol. The molecule has 0 atom stereocenters. The number of aromatic nitrogens is 2. The van der Waals surface area contributed by atoms with E-state index in [1.807, 2.05) is 32.9 Å². The summed E-state index contributed by atoms with van der Waals surface area (Å²) in [6.07, 6.45) is 1.30. The van der Waals surface area contributed by atoms with Crippen molar-refractivity contribution < 1.29 is 9.72 Å². The molecule has 0 radical (unpaired) electrons. The van der Waals surface area contributed by atoms with E-state index in [4.69, 9.17) is 0 Å². The average Bonchev–Trinajstić information content (AvgIpc) is 2.56. The highest BCUT2D eigenvalue weighted by Gasteiger charge is 2.16. The Balaban J connectivity index is 2.04. The topological polar surface area (TPSA) is 95.1 Å². The second-order valence-electron chi connectivity index (χ2n) is 6.33. The van der Waals surface area contributed by atoms with E-state index >= 15 is 0 Å². The van der Waals surface area contributed by atoms with E-state index < -0.39 is 10.5 Å². The standard InChI is InChI=1S/C19H17N3O4/c1-11-6-12(2)18(13(3)7-11)17(23)9-21-10-20-16-5-4-14(22(25)26)8-15(16)19(21)24/h4-8,10H,9H2,1-3H3. The molecular weight excluding hydrogens is 334 g/mol. The molecule has 3 rings (SSSR count). The van der Waals surface area contributed by atoms with E-state index in [0.717, 1.165) is 16.7 Å². The Morgan fingerprint density at radius 3 is 2.42 bits per heavy atom. The summed E-state index contributed by atoms with van der Waals surface area (Å²) in [6, 6.07) is 7.75. The first-order chi connectivity index (χ1) is 12.3. The van der Waals surface area contributed by atoms with Crippen LogP contribution in [0.25, 0.3) is 10.9 Å². The highest BCUT2D eigenvalue weighted by atomic mass is 16.6. The molecule has 0 fully saturated rings. The van der Waals surface area contributed by atoms with Gasteiger partial charge >= 0.3 is 0 Å². The minimum Gasteiger partial charge on any atom is -0.292 e. The Kier molecular flexibility index (Phi) is 4.38. The van der Waals surface area contributed by atoms with Crippen molar-refractivity contribution in [1.82, 2.24) is 9.55 Å². The van der Waals surface area contributed by atoms with E-state index in [1.165, 1.54) is 29.1 Å². The number of benzene rings is 2. The second kappa shape index (κ2) is 6.51. The van der Waals surface area contributed by atoms with Crippen LogP contribution in [0, 0.1) is 30.9 Å². The van der Waals surface area contributed by atoms with Gasteiger partial charge in [-0.05, 0) is 38.0 Å². The first kappa shape index (κ1) is 17.5. The zero-order valence-corrected chi connectivity index (χ0v) is 14.6. The molecule has 0 aliphatic rings. The number of ketones is 1. The quantitative estimate of drug-likeness (QED) is 0.409. The van der Waals surface area contributed by atoms with Gasteiger partial charge in [0.05, 0.1) is 28.7 Å². The van der Waals surface area contributed by atoms with Gasteiger partial charge in [-0.1, -0.05) is 17.7 Å². The Bertz CT molecular complexity index is 1090. The minimum atomic E-state index is -0.569. The molecule has 0 aliphatic carbocycles. The summed E-state index contributed by atoms with van der Waals surface area (Å²) in [5, 5.41) is 11.0. The van der Waals surface area contributed by atoms with Crippen LogP contribution in [0.1, 0.15) is 27.0 Å². The van der Waals surface area contributed by atoms with Gasteiger partial charge < -0.3 is 0 Å². The lowest BCUT2D eigenvalue weighted by Crippen LogP contribution is -2.25. The van der Waals surface area contributed by atoms with Crippen LogP contribution in [0.4, 0.5) is 5.69 Å². The molecule has 1 heterocycles. The lowest BCUT2D eigenvalue weighted by Gasteiger charge is -2.11. The fourth-order valence-electron chi connectivity index (χ4n) is 3.23. The molecule has 0 amide bonds. The van der Waals surface area contributed by atoms with Crippen molar-refractivity contribution in [3.63, 3.8) is 0 Å². The van der Waals surface area contributed by atoms with Crippen molar-refractivity contribution in [1.29, 1.82) is 0 Å². The van der Waals surface area contributed by atoms with Gasteiger partial charge in [0.1, 0.15) is 0 Å². The summed E-state index contributed by atoms with van der Waals surface area (Å²) >= 11 is 0. The van der Waals surface area contributed by atoms with Gasteiger partial charge in [0.25, 0.3) is 11.2 Å². The number of rotatable bonds is 4. The highest BCUT2D eigenvalue weighted by Crippen LogP contribution is 2.19. The third kappa shape index (κ3) is 3.11. The van der Waals surface area contributed by atoms with Crippen LogP contribution in [-0.4, -0.2) is 20.3 Å². The minimum absolute atomic E-state index is 0.117. The van der Waals surface area contributed by atoms with Crippen LogP contribution in [0.5, 0.6) is 0 Å². The van der Waals surface area contributed by atoms with Gasteiger partial charge in [0.15, 0.2) is 5.78 Å². The zero-order valence-electron chi connectivity index (χ0n) is 14.6. The molecule has 7 heteroatoms. The smallest absolute Gasteiger partial charge is 0.270 e. The van der Waals surface area contributed by atoms with Gasteiger partial charge in [-0.3, -0.25) is 24.3 Å². The van der Waals surface area contributed by atoms with Crippen molar-refractivity contribution in [2.45, 2.75) is 27.3 Å². The lowest BCUT2D eigenvalue weighted by molar-refractivity contribution is -0.384. The normalized spacial score (nSPS) is 10.9. The molecule has 26 heavy (non-hydrogen) atoms. The number of nitro groups is 1. The third-order valence-corrected chi connectivity index (χ3v) is 4.29. The van der Waals surface area contributed by atoms with Crippen molar-refractivity contribution in [2.24, 2.45) is 0 Å². The highest BCUT2D eigenvalue weighted by molar-refractivity contribution is 5.98. The molecule has 0 aliphatic heterocycles. The Labute approximate surface area is 149 Å². The molecule has 0 N–H and O–H groups in total. The predicted molar refractivity (Wildman–Crippen MR) is 97.6 cm³/mol. The Morgan fingerprint density at radius 2 is 1.81 bits per heavy atom. The number of hydrogen-bond donors (Lipinski definition) is 0. The number of nitro benzene ring substituents is 1. The second-order valence-corrected chi connectivity index (χ2v) is 6.33. The third-order valence-electron chi connectivity index (χ3n) is 4.29. The summed E-state index contributed by atoms with van der Waals surface area (Å²) in [7, 11) is 0. The number of nitrogens with zero attached hydrogens (tertiary/aromatic N) is 3. The molecule has 0 spiro atoms. The van der Waals surface area contributed by atoms with Gasteiger partial charge in [-0.2, -0.15) is 0 Å². The molecule has 132 valence electrons. The zero-order chi connectivity index (χ0) is 19.0. The summed E-state index contributed by atoms with van der Waals surface area (Å²) in [5.74, 6) is -0.200. The fourth-order valence-corrected chi connectivity index (χ4v) is 3.23. The maximum atomic E-state index is 12.7. The molecule has 0 bridgehead atoms. The van der Waals surface area contributed by atoms with Crippen LogP contribution in [0.15, 0.2) is 41.5 Å². The first-order valence-corrected chi connectivity index (χ1v) is 8.02. The van der Waals surface area contributed by atoms with E-state index in [1.54, 1.807) is 0 Å². The first-order valence-electron chi connectivity index (χ1n) is 8.02. The van der Waals surface area contributed by atoms with Crippen molar-refractivity contribution in [3.8, 4) is 0 Å². The Hall–Kier alpha value is -3.35.